The van der Waals surface area contributed by atoms with Crippen LogP contribution in [0.4, 0.5) is 13.2 Å². The van der Waals surface area contributed by atoms with Gasteiger partial charge >= 0.3 is 6.18 Å². The average molecular weight is 495 g/mol. The minimum absolute atomic E-state index is 0.00758. The third-order valence-corrected chi connectivity index (χ3v) is 7.38. The molecule has 3 aliphatic rings. The van der Waals surface area contributed by atoms with Gasteiger partial charge in [0.2, 0.25) is 0 Å². The highest BCUT2D eigenvalue weighted by Crippen LogP contribution is 2.40. The molecular formula is C27H25F3N4O2. The van der Waals surface area contributed by atoms with E-state index < -0.39 is 11.9 Å². The van der Waals surface area contributed by atoms with Gasteiger partial charge in [0.1, 0.15) is 18.1 Å². The predicted molar refractivity (Wildman–Crippen MR) is 129 cm³/mol. The van der Waals surface area contributed by atoms with Crippen LogP contribution < -0.4 is 10.3 Å². The summed E-state index contributed by atoms with van der Waals surface area (Å²) in [6.07, 6.45) is 0.679. The Labute approximate surface area is 205 Å². The molecular weight excluding hydrogens is 469 g/mol. The van der Waals surface area contributed by atoms with E-state index in [9.17, 15) is 18.0 Å². The van der Waals surface area contributed by atoms with Crippen molar-refractivity contribution in [3.05, 3.63) is 87.7 Å². The molecule has 4 aromatic rings. The fourth-order valence-electron chi connectivity index (χ4n) is 5.56. The monoisotopic (exact) mass is 494 g/mol. The topological polar surface area (TPSA) is 52.3 Å². The highest BCUT2D eigenvalue weighted by molar-refractivity contribution is 5.87. The quantitative estimate of drug-likeness (QED) is 0.400. The molecule has 0 unspecified atom stereocenters. The van der Waals surface area contributed by atoms with Gasteiger partial charge in [0.25, 0.3) is 5.56 Å². The van der Waals surface area contributed by atoms with Crippen LogP contribution >= 0.6 is 0 Å². The van der Waals surface area contributed by atoms with Crippen molar-refractivity contribution in [3.63, 3.8) is 0 Å². The van der Waals surface area contributed by atoms with Gasteiger partial charge in [-0.15, -0.1) is 0 Å². The van der Waals surface area contributed by atoms with Gasteiger partial charge in [-0.1, -0.05) is 12.1 Å². The van der Waals surface area contributed by atoms with E-state index >= 15 is 0 Å². The molecule has 7 rings (SSSR count). The zero-order valence-corrected chi connectivity index (χ0v) is 19.8. The fraction of sp³-hybridized carbons (Fsp3) is 0.333. The van der Waals surface area contributed by atoms with Gasteiger partial charge in [0, 0.05) is 54.6 Å². The average Bonchev–Trinajstić information content (AvgIpc) is 3.00. The molecule has 0 atom stereocenters. The number of halogens is 3. The molecule has 0 aliphatic carbocycles. The second-order valence-electron chi connectivity index (χ2n) is 9.58. The lowest BCUT2D eigenvalue weighted by molar-refractivity contribution is -0.141. The molecule has 1 fully saturated rings. The van der Waals surface area contributed by atoms with Crippen LogP contribution in [-0.4, -0.2) is 32.1 Å². The number of alkyl halides is 3. The smallest absolute Gasteiger partial charge is 0.433 e. The lowest BCUT2D eigenvalue weighted by Crippen LogP contribution is -2.29. The molecule has 3 aromatic heterocycles. The molecule has 1 aromatic carbocycles. The predicted octanol–water partition coefficient (Wildman–Crippen LogP) is 5.02. The molecule has 0 saturated carbocycles. The summed E-state index contributed by atoms with van der Waals surface area (Å²) >= 11 is 0. The Bertz CT molecular complexity index is 1500. The van der Waals surface area contributed by atoms with Gasteiger partial charge in [0.15, 0.2) is 0 Å². The molecule has 186 valence electrons. The number of aryl methyl sites for hydroxylation is 1. The lowest BCUT2D eigenvalue weighted by Gasteiger charge is -2.27. The Hall–Kier alpha value is -3.59. The fourth-order valence-corrected chi connectivity index (χ4v) is 5.56. The summed E-state index contributed by atoms with van der Waals surface area (Å²) in [6.45, 7) is 3.28. The first-order valence-electron chi connectivity index (χ1n) is 12.0. The number of hydrogen-bond acceptors (Lipinski definition) is 4. The second kappa shape index (κ2) is 8.51. The van der Waals surface area contributed by atoms with Crippen LogP contribution in [0.5, 0.6) is 5.75 Å². The maximum atomic E-state index is 12.9. The number of nitrogens with zero attached hydrogens (tertiary/aromatic N) is 4. The van der Waals surface area contributed by atoms with Crippen molar-refractivity contribution in [2.45, 2.75) is 38.1 Å². The zero-order chi connectivity index (χ0) is 25.0. The summed E-state index contributed by atoms with van der Waals surface area (Å²) in [5.74, 6) is 0.923. The first-order valence-corrected chi connectivity index (χ1v) is 12.0. The van der Waals surface area contributed by atoms with E-state index in [1.54, 1.807) is 16.8 Å². The van der Waals surface area contributed by atoms with Crippen molar-refractivity contribution >= 4 is 10.9 Å². The number of benzene rings is 1. The maximum Gasteiger partial charge on any atom is 0.433 e. The molecule has 0 amide bonds. The minimum Gasteiger partial charge on any atom is -0.489 e. The molecule has 1 saturated heterocycles. The second-order valence-corrected chi connectivity index (χ2v) is 9.58. The number of aromatic nitrogens is 3. The van der Waals surface area contributed by atoms with E-state index in [0.29, 0.717) is 17.2 Å². The van der Waals surface area contributed by atoms with Crippen molar-refractivity contribution in [1.29, 1.82) is 0 Å². The lowest BCUT2D eigenvalue weighted by atomic mass is 9.94. The molecule has 6 heterocycles. The molecule has 2 bridgehead atoms. The van der Waals surface area contributed by atoms with Crippen molar-refractivity contribution in [3.8, 4) is 11.4 Å². The third kappa shape index (κ3) is 3.97. The summed E-state index contributed by atoms with van der Waals surface area (Å²) in [5, 5.41) is 1.24. The van der Waals surface area contributed by atoms with Gasteiger partial charge in [-0.25, -0.2) is 0 Å². The Kier molecular flexibility index (Phi) is 5.40. The highest BCUT2D eigenvalue weighted by Gasteiger charge is 2.33. The molecule has 0 N–H and O–H groups in total. The normalized spacial score (nSPS) is 19.3. The molecule has 0 spiro atoms. The van der Waals surface area contributed by atoms with Gasteiger partial charge in [0.05, 0.1) is 11.2 Å². The Morgan fingerprint density at radius 2 is 1.89 bits per heavy atom. The van der Waals surface area contributed by atoms with Crippen molar-refractivity contribution in [2.75, 3.05) is 13.1 Å². The van der Waals surface area contributed by atoms with E-state index in [4.69, 9.17) is 4.74 Å². The van der Waals surface area contributed by atoms with E-state index in [1.807, 2.05) is 6.07 Å². The first kappa shape index (κ1) is 22.8. The van der Waals surface area contributed by atoms with Crippen LogP contribution in [0.2, 0.25) is 0 Å². The van der Waals surface area contributed by atoms with Gasteiger partial charge in [-0.2, -0.15) is 13.2 Å². The first-order chi connectivity index (χ1) is 17.3. The minimum atomic E-state index is -4.48. The zero-order valence-electron chi connectivity index (χ0n) is 19.8. The van der Waals surface area contributed by atoms with E-state index in [1.165, 1.54) is 41.6 Å². The molecule has 6 nitrogen and oxygen atoms in total. The SMILES string of the molecule is Cn1c2c(c3ccc(-n4ccc(OCc5ccc(C(F)(F)F)nc5)cc4=O)cc31)CN1CCC2CC1. The highest BCUT2D eigenvalue weighted by atomic mass is 19.4. The van der Waals surface area contributed by atoms with Crippen LogP contribution in [0.3, 0.4) is 0 Å². The number of ether oxygens (including phenoxy) is 1. The van der Waals surface area contributed by atoms with Crippen LogP contribution in [-0.2, 0) is 26.4 Å². The van der Waals surface area contributed by atoms with Crippen LogP contribution in [0.1, 0.15) is 41.3 Å². The van der Waals surface area contributed by atoms with E-state index in [2.05, 4.69) is 33.6 Å². The number of rotatable bonds is 4. The Balaban J connectivity index is 1.24. The molecule has 36 heavy (non-hydrogen) atoms. The largest absolute Gasteiger partial charge is 0.489 e. The van der Waals surface area contributed by atoms with Crippen LogP contribution in [0.15, 0.2) is 59.7 Å². The van der Waals surface area contributed by atoms with Gasteiger partial charge < -0.3 is 9.30 Å². The standard InChI is InChI=1S/C27H25F3N4O2/c1-32-23-12-19(3-4-21(23)22-15-33-9-6-18(7-10-33)26(22)32)34-11-8-20(13-25(34)35)36-16-17-2-5-24(31-14-17)27(28,29)30/h2-5,8,11-14,18H,6-7,9-10,15-16H2,1H3. The summed E-state index contributed by atoms with van der Waals surface area (Å²) < 4.78 is 47.5. The Morgan fingerprint density at radius 3 is 2.58 bits per heavy atom. The van der Waals surface area contributed by atoms with Gasteiger partial charge in [-0.05, 0) is 55.8 Å². The van der Waals surface area contributed by atoms with E-state index in [0.717, 1.165) is 43.1 Å². The Morgan fingerprint density at radius 1 is 1.08 bits per heavy atom. The van der Waals surface area contributed by atoms with Crippen molar-refractivity contribution in [2.24, 2.45) is 7.05 Å². The summed E-state index contributed by atoms with van der Waals surface area (Å²) in [4.78, 5) is 18.9. The molecule has 9 heteroatoms. The van der Waals surface area contributed by atoms with Crippen molar-refractivity contribution < 1.29 is 17.9 Å². The number of pyridine rings is 2. The summed E-state index contributed by atoms with van der Waals surface area (Å²) in [7, 11) is 2.12. The van der Waals surface area contributed by atoms with Crippen molar-refractivity contribution in [1.82, 2.24) is 19.0 Å². The van der Waals surface area contributed by atoms with E-state index in [-0.39, 0.29) is 12.2 Å². The molecule has 0 radical (unpaired) electrons. The van der Waals surface area contributed by atoms with Crippen LogP contribution in [0.25, 0.3) is 16.6 Å². The number of hydrogen-bond donors (Lipinski definition) is 0. The number of piperidine rings is 1. The van der Waals surface area contributed by atoms with Crippen LogP contribution in [0, 0.1) is 0 Å². The summed E-state index contributed by atoms with van der Waals surface area (Å²) in [6, 6.07) is 11.4. The molecule has 3 aliphatic heterocycles. The van der Waals surface area contributed by atoms with Gasteiger partial charge in [-0.3, -0.25) is 19.2 Å². The third-order valence-electron chi connectivity index (χ3n) is 7.38. The maximum absolute atomic E-state index is 12.9. The summed E-state index contributed by atoms with van der Waals surface area (Å²) in [5.41, 5.74) is 4.00. The number of fused-ring (bicyclic) bond motifs is 3.